The van der Waals surface area contributed by atoms with E-state index in [-0.39, 0.29) is 59.1 Å². The zero-order chi connectivity index (χ0) is 17.2. The zero-order valence-corrected chi connectivity index (χ0v) is 20.9. The van der Waals surface area contributed by atoms with Crippen molar-refractivity contribution in [2.24, 2.45) is 0 Å². The molecule has 0 aromatic rings. The standard InChI is InChI=1S/C16H28N2.2Na.HO3P/c1-5-11-17(12-6-2)15-9-10-16-18(13-7-3)14-8-4;;;1-4(2)3/h5-8,11-14H,9-10,15-16H2,1-4H3;;;(H,1,2,3)/q;2*+1;/p-1. The van der Waals surface area contributed by atoms with Crippen molar-refractivity contribution >= 4 is 8.25 Å². The van der Waals surface area contributed by atoms with E-state index in [0.717, 1.165) is 13.1 Å². The molecule has 0 rings (SSSR count). The fourth-order valence-electron chi connectivity index (χ4n) is 1.75. The van der Waals surface area contributed by atoms with Gasteiger partial charge in [-0.3, -0.25) is 0 Å². The summed E-state index contributed by atoms with van der Waals surface area (Å²) in [5.41, 5.74) is 0. The van der Waals surface area contributed by atoms with E-state index in [1.54, 1.807) is 0 Å². The zero-order valence-electron chi connectivity index (χ0n) is 16.0. The summed E-state index contributed by atoms with van der Waals surface area (Å²) in [7, 11) is -3.37. The van der Waals surface area contributed by atoms with E-state index < -0.39 is 8.25 Å². The molecule has 0 radical (unpaired) electrons. The van der Waals surface area contributed by atoms with E-state index in [1.165, 1.54) is 12.8 Å². The summed E-state index contributed by atoms with van der Waals surface area (Å²) in [6, 6.07) is 0. The van der Waals surface area contributed by atoms with Gasteiger partial charge in [0.2, 0.25) is 0 Å². The van der Waals surface area contributed by atoms with Gasteiger partial charge >= 0.3 is 59.1 Å². The molecule has 0 bridgehead atoms. The molecular weight excluding hydrogens is 345 g/mol. The van der Waals surface area contributed by atoms with Crippen LogP contribution in [0.25, 0.3) is 0 Å². The van der Waals surface area contributed by atoms with Gasteiger partial charge in [-0.15, -0.1) is 0 Å². The largest absolute Gasteiger partial charge is 1.00 e. The minimum atomic E-state index is -3.37. The Kier molecular flexibility index (Phi) is 34.7. The Bertz CT molecular complexity index is 332. The second-order valence-electron chi connectivity index (χ2n) is 4.34. The first-order chi connectivity index (χ1) is 10.5. The second-order valence-corrected chi connectivity index (χ2v) is 4.78. The van der Waals surface area contributed by atoms with Gasteiger partial charge in [0.15, 0.2) is 0 Å². The number of allylic oxidation sites excluding steroid dienone is 4. The summed E-state index contributed by atoms with van der Waals surface area (Å²) in [5.74, 6) is 0. The Labute approximate surface area is 192 Å². The molecule has 0 aromatic heterocycles. The minimum absolute atomic E-state index is 0. The van der Waals surface area contributed by atoms with E-state index in [1.807, 2.05) is 0 Å². The first-order valence-electron chi connectivity index (χ1n) is 7.36. The normalized spacial score (nSPS) is 10.4. The van der Waals surface area contributed by atoms with Gasteiger partial charge < -0.3 is 19.6 Å². The van der Waals surface area contributed by atoms with Crippen LogP contribution < -0.4 is 68.9 Å². The molecule has 126 valence electrons. The molecule has 24 heavy (non-hydrogen) atoms. The maximum Gasteiger partial charge on any atom is 1.00 e. The maximum absolute atomic E-state index is 8.48. The van der Waals surface area contributed by atoms with Crippen molar-refractivity contribution in [2.45, 2.75) is 40.5 Å². The molecule has 0 aromatic carbocycles. The van der Waals surface area contributed by atoms with Gasteiger partial charge in [0.1, 0.15) is 0 Å². The molecular formula is C16H28N2Na2O3P+. The second kappa shape index (κ2) is 25.8. The summed E-state index contributed by atoms with van der Waals surface area (Å²) >= 11 is 0. The van der Waals surface area contributed by atoms with Gasteiger partial charge in [0.25, 0.3) is 8.25 Å². The smallest absolute Gasteiger partial charge is 0.598 e. The van der Waals surface area contributed by atoms with E-state index in [2.05, 4.69) is 86.6 Å². The van der Waals surface area contributed by atoms with Gasteiger partial charge in [-0.25, -0.2) is 0 Å². The predicted octanol–water partition coefficient (Wildman–Crippen LogP) is -3.12. The summed E-state index contributed by atoms with van der Waals surface area (Å²) in [6.45, 7) is 10.4. The number of hydrogen-bond donors (Lipinski definition) is 0. The Morgan fingerprint density at radius 2 is 0.917 bits per heavy atom. The molecule has 8 heteroatoms. The number of unbranched alkanes of at least 4 members (excludes halogenated alkanes) is 1. The topological polar surface area (TPSA) is 69.7 Å². The van der Waals surface area contributed by atoms with Crippen LogP contribution in [0, 0.1) is 0 Å². The van der Waals surface area contributed by atoms with Crippen molar-refractivity contribution in [1.29, 1.82) is 0 Å². The van der Waals surface area contributed by atoms with E-state index >= 15 is 0 Å². The van der Waals surface area contributed by atoms with Crippen molar-refractivity contribution in [1.82, 2.24) is 9.80 Å². The van der Waals surface area contributed by atoms with Gasteiger partial charge in [-0.1, -0.05) is 28.9 Å². The van der Waals surface area contributed by atoms with Crippen LogP contribution in [0.1, 0.15) is 40.5 Å². The van der Waals surface area contributed by atoms with Crippen LogP contribution in [0.2, 0.25) is 0 Å². The number of rotatable bonds is 9. The molecule has 0 heterocycles. The van der Waals surface area contributed by atoms with Crippen LogP contribution in [-0.4, -0.2) is 22.9 Å². The molecule has 0 atom stereocenters. The van der Waals surface area contributed by atoms with Crippen molar-refractivity contribution < 1.29 is 73.5 Å². The van der Waals surface area contributed by atoms with Crippen LogP contribution in [0.5, 0.6) is 0 Å². The minimum Gasteiger partial charge on any atom is -0.598 e. The monoisotopic (exact) mass is 373 g/mol. The fraction of sp³-hybridized carbons (Fsp3) is 0.500. The van der Waals surface area contributed by atoms with Gasteiger partial charge in [0.05, 0.1) is 0 Å². The Morgan fingerprint density at radius 1 is 0.708 bits per heavy atom. The van der Waals surface area contributed by atoms with Crippen LogP contribution in [-0.2, 0) is 4.57 Å². The Balaban J connectivity index is -0.000000298. The molecule has 0 aliphatic heterocycles. The van der Waals surface area contributed by atoms with Gasteiger partial charge in [-0.05, 0) is 65.3 Å². The van der Waals surface area contributed by atoms with Crippen LogP contribution >= 0.6 is 8.25 Å². The summed E-state index contributed by atoms with van der Waals surface area (Å²) in [5, 5.41) is 0. The van der Waals surface area contributed by atoms with Crippen LogP contribution in [0.3, 0.4) is 0 Å². The van der Waals surface area contributed by atoms with Gasteiger partial charge in [-0.2, -0.15) is 0 Å². The molecule has 5 nitrogen and oxygen atoms in total. The summed E-state index contributed by atoms with van der Waals surface area (Å²) in [6.07, 6.45) is 19.2. The first kappa shape index (κ1) is 32.3. The third kappa shape index (κ3) is 27.4. The quantitative estimate of drug-likeness (QED) is 0.243. The fourth-order valence-corrected chi connectivity index (χ4v) is 1.75. The SMILES string of the molecule is CC=CN(C=CC)CCCCN(C=CC)C=CC.O=[P+]([O-])[O-].[Na+].[Na+]. The number of nitrogens with zero attached hydrogens (tertiary/aromatic N) is 2. The van der Waals surface area contributed by atoms with Crippen molar-refractivity contribution in [3.63, 3.8) is 0 Å². The van der Waals surface area contributed by atoms with E-state index in [9.17, 15) is 0 Å². The molecule has 0 saturated heterocycles. The molecule has 0 N–H and O–H groups in total. The number of hydrogen-bond acceptors (Lipinski definition) is 5. The maximum atomic E-state index is 8.48. The summed E-state index contributed by atoms with van der Waals surface area (Å²) in [4.78, 5) is 21.4. The average Bonchev–Trinajstić information content (AvgIpc) is 2.43. The predicted molar refractivity (Wildman–Crippen MR) is 89.5 cm³/mol. The van der Waals surface area contributed by atoms with E-state index in [0.29, 0.717) is 0 Å². The van der Waals surface area contributed by atoms with Crippen LogP contribution in [0.4, 0.5) is 0 Å². The van der Waals surface area contributed by atoms with E-state index in [4.69, 9.17) is 14.4 Å². The van der Waals surface area contributed by atoms with Crippen LogP contribution in [0.15, 0.2) is 49.1 Å². The molecule has 0 amide bonds. The van der Waals surface area contributed by atoms with Gasteiger partial charge in [0, 0.05) is 13.1 Å². The molecule has 0 aliphatic rings. The first-order valence-corrected chi connectivity index (χ1v) is 8.45. The molecule has 0 unspecified atom stereocenters. The summed E-state index contributed by atoms with van der Waals surface area (Å²) < 4.78 is 8.48. The Hall–Kier alpha value is 0.580. The van der Waals surface area contributed by atoms with Crippen molar-refractivity contribution in [3.05, 3.63) is 49.1 Å². The third-order valence-electron chi connectivity index (χ3n) is 2.44. The molecule has 0 aliphatic carbocycles. The average molecular weight is 373 g/mol. The molecule has 0 fully saturated rings. The molecule has 0 spiro atoms. The molecule has 0 saturated carbocycles. The third-order valence-corrected chi connectivity index (χ3v) is 2.44. The van der Waals surface area contributed by atoms with Crippen molar-refractivity contribution in [3.8, 4) is 0 Å². The van der Waals surface area contributed by atoms with Crippen molar-refractivity contribution in [2.75, 3.05) is 13.1 Å². The Morgan fingerprint density at radius 3 is 1.08 bits per heavy atom.